The van der Waals surface area contributed by atoms with Crippen molar-refractivity contribution in [3.63, 3.8) is 0 Å². The second kappa shape index (κ2) is 3.92. The predicted octanol–water partition coefficient (Wildman–Crippen LogP) is 0.774. The van der Waals surface area contributed by atoms with Gasteiger partial charge in [0.2, 0.25) is 11.8 Å². The van der Waals surface area contributed by atoms with Crippen LogP contribution in [0.1, 0.15) is 24.8 Å². The van der Waals surface area contributed by atoms with Gasteiger partial charge >= 0.3 is 0 Å². The molecule has 1 aromatic rings. The van der Waals surface area contributed by atoms with Crippen LogP contribution in [0.4, 0.5) is 5.95 Å². The summed E-state index contributed by atoms with van der Waals surface area (Å²) in [6, 6.07) is 0. The Morgan fingerprint density at radius 3 is 2.60 bits per heavy atom. The highest BCUT2D eigenvalue weighted by atomic mass is 16.3. The minimum atomic E-state index is -0.261. The summed E-state index contributed by atoms with van der Waals surface area (Å²) in [7, 11) is 0. The van der Waals surface area contributed by atoms with E-state index in [2.05, 4.69) is 9.97 Å². The monoisotopic (exact) mass is 209 g/mol. The van der Waals surface area contributed by atoms with Crippen molar-refractivity contribution in [1.29, 1.82) is 0 Å². The zero-order valence-corrected chi connectivity index (χ0v) is 8.79. The fourth-order valence-electron chi connectivity index (χ4n) is 1.76. The summed E-state index contributed by atoms with van der Waals surface area (Å²) in [4.78, 5) is 20.1. The van der Waals surface area contributed by atoms with Gasteiger partial charge in [0.1, 0.15) is 0 Å². The van der Waals surface area contributed by atoms with Gasteiger partial charge in [-0.05, 0) is 26.2 Å². The minimum absolute atomic E-state index is 0.167. The highest BCUT2D eigenvalue weighted by molar-refractivity contribution is 5.35. The quantitative estimate of drug-likeness (QED) is 0.717. The van der Waals surface area contributed by atoms with E-state index in [0.717, 1.165) is 25.9 Å². The fourth-order valence-corrected chi connectivity index (χ4v) is 1.76. The summed E-state index contributed by atoms with van der Waals surface area (Å²) in [5.41, 5.74) is 0.0128. The number of rotatable bonds is 1. The van der Waals surface area contributed by atoms with E-state index in [4.69, 9.17) is 0 Å². The maximum absolute atomic E-state index is 11.4. The van der Waals surface area contributed by atoms with Gasteiger partial charge in [-0.2, -0.15) is 4.98 Å². The van der Waals surface area contributed by atoms with Crippen LogP contribution >= 0.6 is 0 Å². The predicted molar refractivity (Wildman–Crippen MR) is 57.3 cm³/mol. The number of piperidine rings is 1. The van der Waals surface area contributed by atoms with Crippen LogP contribution in [0.2, 0.25) is 0 Å². The SMILES string of the molecule is Cc1c(O)nc(N2CCCCC2)[nH]c1=O. The lowest BCUT2D eigenvalue weighted by atomic mass is 10.1. The van der Waals surface area contributed by atoms with E-state index in [1.54, 1.807) is 6.92 Å². The highest BCUT2D eigenvalue weighted by Gasteiger charge is 2.15. The molecule has 0 unspecified atom stereocenters. The standard InChI is InChI=1S/C10H15N3O2/c1-7-8(14)11-10(12-9(7)15)13-5-3-2-4-6-13/h2-6H2,1H3,(H2,11,12,14,15). The second-order valence-electron chi connectivity index (χ2n) is 3.89. The molecule has 0 aromatic carbocycles. The van der Waals surface area contributed by atoms with Crippen LogP contribution in [0.5, 0.6) is 5.88 Å². The zero-order valence-electron chi connectivity index (χ0n) is 8.79. The van der Waals surface area contributed by atoms with Gasteiger partial charge in [-0.15, -0.1) is 0 Å². The van der Waals surface area contributed by atoms with Crippen LogP contribution in [0.3, 0.4) is 0 Å². The average Bonchev–Trinajstić information content (AvgIpc) is 2.26. The molecule has 1 fully saturated rings. The van der Waals surface area contributed by atoms with E-state index < -0.39 is 0 Å². The average molecular weight is 209 g/mol. The molecule has 5 nitrogen and oxygen atoms in total. The van der Waals surface area contributed by atoms with Gasteiger partial charge in [-0.1, -0.05) is 0 Å². The molecule has 1 aliphatic rings. The minimum Gasteiger partial charge on any atom is -0.493 e. The third-order valence-electron chi connectivity index (χ3n) is 2.77. The second-order valence-corrected chi connectivity index (χ2v) is 3.89. The molecule has 1 aliphatic heterocycles. The molecule has 2 N–H and O–H groups in total. The lowest BCUT2D eigenvalue weighted by Gasteiger charge is -2.26. The number of H-pyrrole nitrogens is 1. The Hall–Kier alpha value is -1.52. The van der Waals surface area contributed by atoms with Crippen molar-refractivity contribution in [2.75, 3.05) is 18.0 Å². The third kappa shape index (κ3) is 1.95. The normalized spacial score (nSPS) is 16.7. The first-order valence-electron chi connectivity index (χ1n) is 5.23. The molecule has 0 atom stereocenters. The number of aromatic amines is 1. The Labute approximate surface area is 87.8 Å². The number of nitrogens with zero attached hydrogens (tertiary/aromatic N) is 2. The van der Waals surface area contributed by atoms with Crippen LogP contribution in [0.25, 0.3) is 0 Å². The lowest BCUT2D eigenvalue weighted by molar-refractivity contribution is 0.444. The Morgan fingerprint density at radius 1 is 1.33 bits per heavy atom. The number of anilines is 1. The largest absolute Gasteiger partial charge is 0.493 e. The van der Waals surface area contributed by atoms with E-state index in [-0.39, 0.29) is 17.0 Å². The van der Waals surface area contributed by atoms with Crippen LogP contribution < -0.4 is 10.5 Å². The molecule has 0 bridgehead atoms. The lowest BCUT2D eigenvalue weighted by Crippen LogP contribution is -2.32. The molecular formula is C10H15N3O2. The molecule has 2 heterocycles. The van der Waals surface area contributed by atoms with Crippen molar-refractivity contribution < 1.29 is 5.11 Å². The van der Waals surface area contributed by atoms with Crippen molar-refractivity contribution >= 4 is 5.95 Å². The fraction of sp³-hybridized carbons (Fsp3) is 0.600. The first kappa shape index (κ1) is 10.0. The Balaban J connectivity index is 2.32. The van der Waals surface area contributed by atoms with Crippen LogP contribution in [0, 0.1) is 6.92 Å². The number of hydrogen-bond acceptors (Lipinski definition) is 4. The molecule has 0 radical (unpaired) electrons. The van der Waals surface area contributed by atoms with E-state index in [0.29, 0.717) is 5.95 Å². The van der Waals surface area contributed by atoms with E-state index >= 15 is 0 Å². The third-order valence-corrected chi connectivity index (χ3v) is 2.77. The summed E-state index contributed by atoms with van der Waals surface area (Å²) < 4.78 is 0. The van der Waals surface area contributed by atoms with Crippen LogP contribution in [-0.2, 0) is 0 Å². The molecule has 2 rings (SSSR count). The summed E-state index contributed by atoms with van der Waals surface area (Å²) in [6.45, 7) is 3.35. The summed E-state index contributed by atoms with van der Waals surface area (Å²) in [5.74, 6) is 0.321. The smallest absolute Gasteiger partial charge is 0.259 e. The van der Waals surface area contributed by atoms with E-state index in [1.807, 2.05) is 4.90 Å². The molecule has 0 amide bonds. The zero-order chi connectivity index (χ0) is 10.8. The first-order chi connectivity index (χ1) is 7.18. The molecule has 15 heavy (non-hydrogen) atoms. The molecular weight excluding hydrogens is 194 g/mol. The maximum atomic E-state index is 11.4. The number of aromatic nitrogens is 2. The van der Waals surface area contributed by atoms with Crippen molar-refractivity contribution in [3.05, 3.63) is 15.9 Å². The van der Waals surface area contributed by atoms with E-state index in [1.165, 1.54) is 6.42 Å². The maximum Gasteiger partial charge on any atom is 0.259 e. The number of nitrogens with one attached hydrogen (secondary N) is 1. The van der Waals surface area contributed by atoms with Gasteiger partial charge in [0.25, 0.3) is 5.56 Å². The molecule has 0 saturated carbocycles. The molecule has 0 spiro atoms. The van der Waals surface area contributed by atoms with Gasteiger partial charge in [0.05, 0.1) is 5.56 Å². The van der Waals surface area contributed by atoms with Gasteiger partial charge in [0.15, 0.2) is 0 Å². The highest BCUT2D eigenvalue weighted by Crippen LogP contribution is 2.17. The van der Waals surface area contributed by atoms with Gasteiger partial charge in [-0.25, -0.2) is 0 Å². The van der Waals surface area contributed by atoms with Crippen molar-refractivity contribution in [3.8, 4) is 5.88 Å². The Kier molecular flexibility index (Phi) is 2.62. The van der Waals surface area contributed by atoms with Gasteiger partial charge < -0.3 is 10.0 Å². The Morgan fingerprint density at radius 2 is 2.00 bits per heavy atom. The summed E-state index contributed by atoms with van der Waals surface area (Å²) in [5, 5.41) is 9.45. The molecule has 0 aliphatic carbocycles. The van der Waals surface area contributed by atoms with Gasteiger partial charge in [0, 0.05) is 13.1 Å². The number of aromatic hydroxyl groups is 1. The summed E-state index contributed by atoms with van der Waals surface area (Å²) in [6.07, 6.45) is 3.44. The number of hydrogen-bond donors (Lipinski definition) is 2. The van der Waals surface area contributed by atoms with Gasteiger partial charge in [-0.3, -0.25) is 9.78 Å². The van der Waals surface area contributed by atoms with E-state index in [9.17, 15) is 9.90 Å². The Bertz CT molecular complexity index is 408. The van der Waals surface area contributed by atoms with Crippen LogP contribution in [0.15, 0.2) is 4.79 Å². The topological polar surface area (TPSA) is 69.2 Å². The molecule has 5 heteroatoms. The van der Waals surface area contributed by atoms with Crippen molar-refractivity contribution in [2.24, 2.45) is 0 Å². The molecule has 1 aromatic heterocycles. The van der Waals surface area contributed by atoms with Crippen molar-refractivity contribution in [1.82, 2.24) is 9.97 Å². The molecule has 1 saturated heterocycles. The van der Waals surface area contributed by atoms with Crippen molar-refractivity contribution in [2.45, 2.75) is 26.2 Å². The van der Waals surface area contributed by atoms with Crippen LogP contribution in [-0.4, -0.2) is 28.2 Å². The summed E-state index contributed by atoms with van der Waals surface area (Å²) >= 11 is 0. The molecule has 82 valence electrons. The first-order valence-corrected chi connectivity index (χ1v) is 5.23.